The molecule has 17 heavy (non-hydrogen) atoms. The summed E-state index contributed by atoms with van der Waals surface area (Å²) in [6.45, 7) is 1.96. The molecule has 0 aliphatic carbocycles. The SMILES string of the molecule is Cc1cc(Br)cc(C(O)CCCS(C)(=O)=O)c1. The Morgan fingerprint density at radius 2 is 2.00 bits per heavy atom. The summed E-state index contributed by atoms with van der Waals surface area (Å²) >= 11 is 3.37. The van der Waals surface area contributed by atoms with Gasteiger partial charge in [0.05, 0.1) is 6.10 Å². The van der Waals surface area contributed by atoms with E-state index in [1.54, 1.807) is 0 Å². The van der Waals surface area contributed by atoms with Crippen molar-refractivity contribution in [3.63, 3.8) is 0 Å². The van der Waals surface area contributed by atoms with Crippen molar-refractivity contribution in [3.05, 3.63) is 33.8 Å². The highest BCUT2D eigenvalue weighted by atomic mass is 79.9. The van der Waals surface area contributed by atoms with Gasteiger partial charge in [-0.25, -0.2) is 8.42 Å². The average Bonchev–Trinajstić information content (AvgIpc) is 2.13. The van der Waals surface area contributed by atoms with E-state index >= 15 is 0 Å². The van der Waals surface area contributed by atoms with Gasteiger partial charge >= 0.3 is 0 Å². The summed E-state index contributed by atoms with van der Waals surface area (Å²) in [6.07, 6.45) is 1.55. The molecule has 0 amide bonds. The van der Waals surface area contributed by atoms with E-state index in [2.05, 4.69) is 15.9 Å². The number of sulfone groups is 1. The first-order valence-electron chi connectivity index (χ1n) is 5.41. The second kappa shape index (κ2) is 5.98. The normalized spacial score (nSPS) is 13.6. The Bertz CT molecular complexity index is 462. The molecule has 0 aromatic heterocycles. The Labute approximate surface area is 111 Å². The van der Waals surface area contributed by atoms with Gasteiger partial charge in [0.25, 0.3) is 0 Å². The van der Waals surface area contributed by atoms with Crippen LogP contribution in [-0.2, 0) is 9.84 Å². The largest absolute Gasteiger partial charge is 0.388 e. The van der Waals surface area contributed by atoms with Crippen molar-refractivity contribution >= 4 is 25.8 Å². The molecule has 0 bridgehead atoms. The molecular formula is C12H17BrO3S. The topological polar surface area (TPSA) is 54.4 Å². The van der Waals surface area contributed by atoms with Crippen LogP contribution in [0.4, 0.5) is 0 Å². The van der Waals surface area contributed by atoms with Crippen molar-refractivity contribution in [1.29, 1.82) is 0 Å². The van der Waals surface area contributed by atoms with Crippen LogP contribution in [0.3, 0.4) is 0 Å². The zero-order chi connectivity index (χ0) is 13.1. The van der Waals surface area contributed by atoms with Crippen LogP contribution < -0.4 is 0 Å². The van der Waals surface area contributed by atoms with E-state index < -0.39 is 15.9 Å². The first kappa shape index (κ1) is 14.7. The number of halogens is 1. The molecule has 1 atom stereocenters. The minimum absolute atomic E-state index is 0.122. The van der Waals surface area contributed by atoms with E-state index in [0.29, 0.717) is 12.8 Å². The molecule has 0 aliphatic heterocycles. The Hall–Kier alpha value is -0.390. The number of rotatable bonds is 5. The van der Waals surface area contributed by atoms with Crippen LogP contribution in [-0.4, -0.2) is 25.5 Å². The molecule has 1 aromatic rings. The van der Waals surface area contributed by atoms with Crippen LogP contribution in [0.1, 0.15) is 30.1 Å². The summed E-state index contributed by atoms with van der Waals surface area (Å²) in [5.74, 6) is 0.122. The zero-order valence-corrected chi connectivity index (χ0v) is 12.4. The van der Waals surface area contributed by atoms with Crippen molar-refractivity contribution in [2.24, 2.45) is 0 Å². The average molecular weight is 321 g/mol. The fourth-order valence-corrected chi connectivity index (χ4v) is 2.98. The first-order chi connectivity index (χ1) is 7.78. The second-order valence-electron chi connectivity index (χ2n) is 4.35. The predicted molar refractivity (Wildman–Crippen MR) is 72.8 cm³/mol. The number of aliphatic hydroxyl groups is 1. The summed E-state index contributed by atoms with van der Waals surface area (Å²) in [5, 5.41) is 9.95. The molecule has 1 N–H and O–H groups in total. The minimum atomic E-state index is -2.94. The highest BCUT2D eigenvalue weighted by Crippen LogP contribution is 2.23. The van der Waals surface area contributed by atoms with Gasteiger partial charge in [-0.15, -0.1) is 0 Å². The number of hydrogen-bond acceptors (Lipinski definition) is 3. The Kier molecular flexibility index (Phi) is 5.16. The molecule has 1 rings (SSSR count). The zero-order valence-electron chi connectivity index (χ0n) is 9.98. The van der Waals surface area contributed by atoms with E-state index in [0.717, 1.165) is 15.6 Å². The van der Waals surface area contributed by atoms with Crippen LogP contribution in [0.15, 0.2) is 22.7 Å². The van der Waals surface area contributed by atoms with Crippen LogP contribution in [0, 0.1) is 6.92 Å². The van der Waals surface area contributed by atoms with Gasteiger partial charge in [0.15, 0.2) is 0 Å². The van der Waals surface area contributed by atoms with E-state index in [-0.39, 0.29) is 5.75 Å². The van der Waals surface area contributed by atoms with Crippen molar-refractivity contribution in [3.8, 4) is 0 Å². The molecule has 96 valence electrons. The van der Waals surface area contributed by atoms with Gasteiger partial charge in [-0.1, -0.05) is 22.0 Å². The Morgan fingerprint density at radius 1 is 1.35 bits per heavy atom. The fraction of sp³-hybridized carbons (Fsp3) is 0.500. The third-order valence-electron chi connectivity index (χ3n) is 2.44. The maximum absolute atomic E-state index is 11.0. The summed E-state index contributed by atoms with van der Waals surface area (Å²) in [6, 6.07) is 5.74. The molecule has 0 saturated carbocycles. The van der Waals surface area contributed by atoms with E-state index in [9.17, 15) is 13.5 Å². The van der Waals surface area contributed by atoms with Crippen LogP contribution in [0.2, 0.25) is 0 Å². The van der Waals surface area contributed by atoms with Crippen molar-refractivity contribution in [2.45, 2.75) is 25.9 Å². The van der Waals surface area contributed by atoms with Gasteiger partial charge in [0, 0.05) is 16.5 Å². The molecule has 1 unspecified atom stereocenters. The maximum atomic E-state index is 11.0. The first-order valence-corrected chi connectivity index (χ1v) is 8.26. The smallest absolute Gasteiger partial charge is 0.147 e. The summed E-state index contributed by atoms with van der Waals surface area (Å²) < 4.78 is 22.9. The molecule has 0 aliphatic rings. The van der Waals surface area contributed by atoms with Crippen LogP contribution >= 0.6 is 15.9 Å². The fourth-order valence-electron chi connectivity index (χ4n) is 1.66. The van der Waals surface area contributed by atoms with Crippen molar-refractivity contribution in [2.75, 3.05) is 12.0 Å². The third-order valence-corrected chi connectivity index (χ3v) is 3.93. The number of aryl methyl sites for hydroxylation is 1. The maximum Gasteiger partial charge on any atom is 0.147 e. The van der Waals surface area contributed by atoms with E-state index in [4.69, 9.17) is 0 Å². The Balaban J connectivity index is 2.61. The van der Waals surface area contributed by atoms with Gasteiger partial charge in [-0.2, -0.15) is 0 Å². The molecule has 1 aromatic carbocycles. The lowest BCUT2D eigenvalue weighted by Crippen LogP contribution is -2.06. The highest BCUT2D eigenvalue weighted by Gasteiger charge is 2.10. The summed E-state index contributed by atoms with van der Waals surface area (Å²) in [4.78, 5) is 0. The van der Waals surface area contributed by atoms with Gasteiger partial charge in [-0.3, -0.25) is 0 Å². The Morgan fingerprint density at radius 3 is 2.53 bits per heavy atom. The van der Waals surface area contributed by atoms with Gasteiger partial charge in [-0.05, 0) is 43.0 Å². The summed E-state index contributed by atoms with van der Waals surface area (Å²) in [7, 11) is -2.94. The van der Waals surface area contributed by atoms with E-state index in [1.807, 2.05) is 25.1 Å². The van der Waals surface area contributed by atoms with Crippen LogP contribution in [0.25, 0.3) is 0 Å². The van der Waals surface area contributed by atoms with Gasteiger partial charge < -0.3 is 5.11 Å². The number of benzene rings is 1. The van der Waals surface area contributed by atoms with Gasteiger partial charge in [0.2, 0.25) is 0 Å². The molecule has 0 saturated heterocycles. The molecule has 3 nitrogen and oxygen atoms in total. The standard InChI is InChI=1S/C12H17BrO3S/c1-9-6-10(8-11(13)7-9)12(14)4-3-5-17(2,15)16/h6-8,12,14H,3-5H2,1-2H3. The van der Waals surface area contributed by atoms with E-state index in [1.165, 1.54) is 6.26 Å². The number of hydrogen-bond donors (Lipinski definition) is 1. The second-order valence-corrected chi connectivity index (χ2v) is 7.53. The molecule has 0 spiro atoms. The lowest BCUT2D eigenvalue weighted by Gasteiger charge is -2.12. The lowest BCUT2D eigenvalue weighted by molar-refractivity contribution is 0.166. The minimum Gasteiger partial charge on any atom is -0.388 e. The van der Waals surface area contributed by atoms with Crippen molar-refractivity contribution < 1.29 is 13.5 Å². The summed E-state index contributed by atoms with van der Waals surface area (Å²) in [5.41, 5.74) is 1.89. The number of aliphatic hydroxyl groups excluding tert-OH is 1. The monoisotopic (exact) mass is 320 g/mol. The van der Waals surface area contributed by atoms with Crippen molar-refractivity contribution in [1.82, 2.24) is 0 Å². The highest BCUT2D eigenvalue weighted by molar-refractivity contribution is 9.10. The third kappa shape index (κ3) is 5.66. The molecule has 0 fully saturated rings. The van der Waals surface area contributed by atoms with Gasteiger partial charge in [0.1, 0.15) is 9.84 Å². The molecule has 0 radical (unpaired) electrons. The quantitative estimate of drug-likeness (QED) is 0.907. The molecule has 5 heteroatoms. The van der Waals surface area contributed by atoms with Crippen LogP contribution in [0.5, 0.6) is 0 Å². The predicted octanol–water partition coefficient (Wildman–Crippen LogP) is 2.62. The lowest BCUT2D eigenvalue weighted by atomic mass is 10.0. The molecule has 0 heterocycles. The molecular weight excluding hydrogens is 304 g/mol.